The molecule has 0 saturated carbocycles. The van der Waals surface area contributed by atoms with E-state index >= 15 is 0 Å². The molecule has 1 rings (SSSR count). The van der Waals surface area contributed by atoms with Crippen LogP contribution >= 0.6 is 15.9 Å². The third-order valence-corrected chi connectivity index (χ3v) is 3.84. The molecule has 70 valence electrons. The number of likely N-dealkylation sites (tertiary alicyclic amines) is 1. The molecule has 0 aliphatic carbocycles. The summed E-state index contributed by atoms with van der Waals surface area (Å²) in [7, 11) is 0. The molecule has 1 aliphatic heterocycles. The normalized spacial score (nSPS) is 32.9. The molecule has 12 heavy (non-hydrogen) atoms. The highest BCUT2D eigenvalue weighted by atomic mass is 79.9. The lowest BCUT2D eigenvalue weighted by atomic mass is 10.0. The van der Waals surface area contributed by atoms with E-state index in [1.54, 1.807) is 0 Å². The summed E-state index contributed by atoms with van der Waals surface area (Å²) in [4.78, 5) is 3.25. The number of alkyl halides is 1. The number of piperidine rings is 1. The number of nitrogens with zero attached hydrogens (tertiary/aromatic N) is 1. The van der Waals surface area contributed by atoms with Crippen LogP contribution < -0.4 is 0 Å². The minimum absolute atomic E-state index is 0.736. The maximum Gasteiger partial charge on any atom is 0.0195 e. The van der Waals surface area contributed by atoms with Gasteiger partial charge < -0.3 is 0 Å². The van der Waals surface area contributed by atoms with E-state index in [-0.39, 0.29) is 0 Å². The SMILES string of the molecule is C/C=C/CN1CCC(Br)C(C)C1. The zero-order valence-corrected chi connectivity index (χ0v) is 9.55. The number of allylic oxidation sites excluding steroid dienone is 1. The highest BCUT2D eigenvalue weighted by Crippen LogP contribution is 2.22. The molecule has 2 atom stereocenters. The van der Waals surface area contributed by atoms with E-state index in [1.807, 2.05) is 0 Å². The second-order valence-corrected chi connectivity index (χ2v) is 4.79. The van der Waals surface area contributed by atoms with Gasteiger partial charge in [0, 0.05) is 17.9 Å². The predicted molar refractivity (Wildman–Crippen MR) is 57.8 cm³/mol. The van der Waals surface area contributed by atoms with Gasteiger partial charge in [-0.15, -0.1) is 0 Å². The molecule has 0 amide bonds. The lowest BCUT2D eigenvalue weighted by Crippen LogP contribution is -2.39. The van der Waals surface area contributed by atoms with Crippen LogP contribution in [0.2, 0.25) is 0 Å². The average Bonchev–Trinajstić information content (AvgIpc) is 2.07. The van der Waals surface area contributed by atoms with Crippen LogP contribution in [-0.4, -0.2) is 29.4 Å². The Morgan fingerprint density at radius 3 is 2.92 bits per heavy atom. The Kier molecular flexibility index (Phi) is 4.30. The van der Waals surface area contributed by atoms with E-state index in [9.17, 15) is 0 Å². The average molecular weight is 232 g/mol. The Morgan fingerprint density at radius 1 is 1.58 bits per heavy atom. The summed E-state index contributed by atoms with van der Waals surface area (Å²) in [5, 5.41) is 0. The summed E-state index contributed by atoms with van der Waals surface area (Å²) in [5.74, 6) is 0.795. The lowest BCUT2D eigenvalue weighted by Gasteiger charge is -2.33. The van der Waals surface area contributed by atoms with Crippen LogP contribution in [-0.2, 0) is 0 Å². The van der Waals surface area contributed by atoms with Crippen LogP contribution in [0.5, 0.6) is 0 Å². The standard InChI is InChI=1S/C10H18BrN/c1-3-4-6-12-7-5-10(11)9(2)8-12/h3-4,9-10H,5-8H2,1-2H3/b4-3+. The van der Waals surface area contributed by atoms with Gasteiger partial charge in [-0.2, -0.15) is 0 Å². The van der Waals surface area contributed by atoms with Gasteiger partial charge in [-0.05, 0) is 25.8 Å². The molecule has 1 heterocycles. The van der Waals surface area contributed by atoms with E-state index in [1.165, 1.54) is 19.5 Å². The summed E-state index contributed by atoms with van der Waals surface area (Å²) in [6.07, 6.45) is 5.66. The molecule has 2 unspecified atom stereocenters. The molecule has 0 aromatic carbocycles. The third-order valence-electron chi connectivity index (χ3n) is 2.48. The summed E-state index contributed by atoms with van der Waals surface area (Å²) in [6, 6.07) is 0. The molecule has 2 heteroatoms. The van der Waals surface area contributed by atoms with Gasteiger partial charge in [0.2, 0.25) is 0 Å². The van der Waals surface area contributed by atoms with E-state index in [2.05, 4.69) is 46.8 Å². The van der Waals surface area contributed by atoms with E-state index < -0.39 is 0 Å². The second kappa shape index (κ2) is 5.03. The monoisotopic (exact) mass is 231 g/mol. The van der Waals surface area contributed by atoms with Crippen molar-refractivity contribution in [3.8, 4) is 0 Å². The van der Waals surface area contributed by atoms with Crippen molar-refractivity contribution in [3.05, 3.63) is 12.2 Å². The first-order valence-corrected chi connectivity index (χ1v) is 5.63. The first kappa shape index (κ1) is 10.3. The number of halogens is 1. The van der Waals surface area contributed by atoms with Crippen molar-refractivity contribution < 1.29 is 0 Å². The molecular formula is C10H18BrN. The molecule has 0 bridgehead atoms. The minimum Gasteiger partial charge on any atom is -0.299 e. The zero-order chi connectivity index (χ0) is 8.97. The Bertz CT molecular complexity index is 156. The quantitative estimate of drug-likeness (QED) is 0.522. The zero-order valence-electron chi connectivity index (χ0n) is 7.96. The third kappa shape index (κ3) is 2.91. The first-order chi connectivity index (χ1) is 5.74. The molecule has 1 aliphatic rings. The van der Waals surface area contributed by atoms with Crippen LogP contribution in [0.15, 0.2) is 12.2 Å². The minimum atomic E-state index is 0.736. The molecule has 1 saturated heterocycles. The summed E-state index contributed by atoms with van der Waals surface area (Å²) in [5.41, 5.74) is 0. The first-order valence-electron chi connectivity index (χ1n) is 4.71. The van der Waals surface area contributed by atoms with Crippen LogP contribution in [0.25, 0.3) is 0 Å². The van der Waals surface area contributed by atoms with Crippen molar-refractivity contribution in [2.75, 3.05) is 19.6 Å². The van der Waals surface area contributed by atoms with Gasteiger partial charge in [0.15, 0.2) is 0 Å². The van der Waals surface area contributed by atoms with Crippen LogP contribution in [0.4, 0.5) is 0 Å². The fraction of sp³-hybridized carbons (Fsp3) is 0.800. The van der Waals surface area contributed by atoms with Crippen LogP contribution in [0.1, 0.15) is 20.3 Å². The Labute approximate surface area is 84.0 Å². The van der Waals surface area contributed by atoms with Crippen molar-refractivity contribution in [2.24, 2.45) is 5.92 Å². The smallest absolute Gasteiger partial charge is 0.0195 e. The Hall–Kier alpha value is 0.180. The molecule has 0 spiro atoms. The molecule has 0 radical (unpaired) electrons. The summed E-state index contributed by atoms with van der Waals surface area (Å²) >= 11 is 3.70. The number of hydrogen-bond donors (Lipinski definition) is 0. The summed E-state index contributed by atoms with van der Waals surface area (Å²) in [6.45, 7) is 8.01. The molecule has 1 fully saturated rings. The maximum absolute atomic E-state index is 3.70. The fourth-order valence-electron chi connectivity index (χ4n) is 1.62. The highest BCUT2D eigenvalue weighted by Gasteiger charge is 2.22. The maximum atomic E-state index is 3.70. The largest absolute Gasteiger partial charge is 0.299 e. The van der Waals surface area contributed by atoms with Crippen molar-refractivity contribution >= 4 is 15.9 Å². The Morgan fingerprint density at radius 2 is 2.33 bits per heavy atom. The van der Waals surface area contributed by atoms with Gasteiger partial charge in [-0.25, -0.2) is 0 Å². The highest BCUT2D eigenvalue weighted by molar-refractivity contribution is 9.09. The van der Waals surface area contributed by atoms with Crippen molar-refractivity contribution in [1.29, 1.82) is 0 Å². The van der Waals surface area contributed by atoms with Gasteiger partial charge in [-0.1, -0.05) is 35.0 Å². The van der Waals surface area contributed by atoms with E-state index in [4.69, 9.17) is 0 Å². The van der Waals surface area contributed by atoms with Gasteiger partial charge in [-0.3, -0.25) is 4.90 Å². The Balaban J connectivity index is 2.30. The van der Waals surface area contributed by atoms with Crippen LogP contribution in [0.3, 0.4) is 0 Å². The second-order valence-electron chi connectivity index (χ2n) is 3.61. The van der Waals surface area contributed by atoms with Gasteiger partial charge >= 0.3 is 0 Å². The number of hydrogen-bond acceptors (Lipinski definition) is 1. The van der Waals surface area contributed by atoms with Crippen LogP contribution in [0, 0.1) is 5.92 Å². The molecule has 0 aromatic heterocycles. The lowest BCUT2D eigenvalue weighted by molar-refractivity contribution is 0.209. The van der Waals surface area contributed by atoms with Crippen molar-refractivity contribution in [1.82, 2.24) is 4.90 Å². The van der Waals surface area contributed by atoms with Crippen molar-refractivity contribution in [2.45, 2.75) is 25.1 Å². The van der Waals surface area contributed by atoms with Gasteiger partial charge in [0.1, 0.15) is 0 Å². The van der Waals surface area contributed by atoms with E-state index in [0.717, 1.165) is 17.3 Å². The molecule has 1 nitrogen and oxygen atoms in total. The predicted octanol–water partition coefficient (Wildman–Crippen LogP) is 2.67. The number of rotatable bonds is 2. The van der Waals surface area contributed by atoms with Gasteiger partial charge in [0.05, 0.1) is 0 Å². The van der Waals surface area contributed by atoms with E-state index in [0.29, 0.717) is 0 Å². The topological polar surface area (TPSA) is 3.24 Å². The molecule has 0 aromatic rings. The van der Waals surface area contributed by atoms with Gasteiger partial charge in [0.25, 0.3) is 0 Å². The fourth-order valence-corrected chi connectivity index (χ4v) is 2.00. The summed E-state index contributed by atoms with van der Waals surface area (Å²) < 4.78 is 0. The molecular weight excluding hydrogens is 214 g/mol. The molecule has 0 N–H and O–H groups in total. The van der Waals surface area contributed by atoms with Crippen molar-refractivity contribution in [3.63, 3.8) is 0 Å².